The van der Waals surface area contributed by atoms with Crippen molar-refractivity contribution >= 4 is 27.6 Å². The lowest BCUT2D eigenvalue weighted by Crippen LogP contribution is -2.35. The topological polar surface area (TPSA) is 76.9 Å². The molecule has 5 rings (SSSR count). The highest BCUT2D eigenvalue weighted by atomic mass is 32.1. The van der Waals surface area contributed by atoms with Gasteiger partial charge in [0, 0.05) is 43.4 Å². The van der Waals surface area contributed by atoms with Crippen LogP contribution in [0.1, 0.15) is 38.2 Å². The predicted octanol–water partition coefficient (Wildman–Crippen LogP) is 5.18. The number of fused-ring (bicyclic) bond motifs is 1. The SMILES string of the molecule is CCCc1cnc(N2CCC(CCOc3nc4ccc(-c5ccncc5)nc4s3)CC2)nc1. The van der Waals surface area contributed by atoms with Crippen LogP contribution in [0.2, 0.25) is 0 Å². The predicted molar refractivity (Wildman–Crippen MR) is 132 cm³/mol. The fourth-order valence-electron chi connectivity index (χ4n) is 4.21. The number of nitrogens with zero attached hydrogens (tertiary/aromatic N) is 6. The van der Waals surface area contributed by atoms with Crippen LogP contribution < -0.4 is 9.64 Å². The number of aryl methyl sites for hydroxylation is 1. The largest absolute Gasteiger partial charge is 0.470 e. The van der Waals surface area contributed by atoms with Gasteiger partial charge in [0.05, 0.1) is 12.3 Å². The number of rotatable bonds is 8. The van der Waals surface area contributed by atoms with E-state index in [1.54, 1.807) is 12.4 Å². The minimum Gasteiger partial charge on any atom is -0.470 e. The molecule has 0 unspecified atom stereocenters. The second-order valence-electron chi connectivity index (χ2n) is 8.45. The minimum atomic E-state index is 0.659. The Morgan fingerprint density at radius 2 is 1.82 bits per heavy atom. The first-order valence-corrected chi connectivity index (χ1v) is 12.5. The second kappa shape index (κ2) is 10.2. The summed E-state index contributed by atoms with van der Waals surface area (Å²) in [4.78, 5) is 25.8. The van der Waals surface area contributed by atoms with Gasteiger partial charge in [0.15, 0.2) is 0 Å². The molecule has 0 amide bonds. The van der Waals surface area contributed by atoms with E-state index in [1.165, 1.54) is 16.9 Å². The summed E-state index contributed by atoms with van der Waals surface area (Å²) in [7, 11) is 0. The van der Waals surface area contributed by atoms with Gasteiger partial charge in [-0.25, -0.2) is 19.9 Å². The number of piperidine rings is 1. The summed E-state index contributed by atoms with van der Waals surface area (Å²) in [5, 5.41) is 0.697. The van der Waals surface area contributed by atoms with Crippen molar-refractivity contribution in [3.63, 3.8) is 0 Å². The molecule has 4 aromatic heterocycles. The molecule has 170 valence electrons. The maximum Gasteiger partial charge on any atom is 0.275 e. The van der Waals surface area contributed by atoms with Crippen LogP contribution in [0.25, 0.3) is 21.6 Å². The highest BCUT2D eigenvalue weighted by Crippen LogP contribution is 2.30. The van der Waals surface area contributed by atoms with E-state index in [0.29, 0.717) is 17.7 Å². The summed E-state index contributed by atoms with van der Waals surface area (Å²) in [6.07, 6.45) is 13.0. The molecule has 0 aliphatic carbocycles. The van der Waals surface area contributed by atoms with Gasteiger partial charge in [-0.1, -0.05) is 24.7 Å². The molecule has 5 heterocycles. The molecule has 0 aromatic carbocycles. The monoisotopic (exact) mass is 460 g/mol. The molecule has 0 radical (unpaired) electrons. The Bertz CT molecular complexity index is 1170. The molecule has 1 saturated heterocycles. The Hall–Kier alpha value is -3.13. The van der Waals surface area contributed by atoms with E-state index in [9.17, 15) is 0 Å². The zero-order valence-corrected chi connectivity index (χ0v) is 19.7. The van der Waals surface area contributed by atoms with Crippen molar-refractivity contribution in [3.8, 4) is 16.5 Å². The van der Waals surface area contributed by atoms with Crippen LogP contribution in [0.4, 0.5) is 5.95 Å². The van der Waals surface area contributed by atoms with Crippen LogP contribution in [0.5, 0.6) is 5.19 Å². The molecule has 7 nitrogen and oxygen atoms in total. The molecule has 0 atom stereocenters. The molecule has 4 aromatic rings. The molecular weight excluding hydrogens is 432 g/mol. The summed E-state index contributed by atoms with van der Waals surface area (Å²) in [6.45, 7) is 4.86. The number of aromatic nitrogens is 5. The molecule has 0 bridgehead atoms. The lowest BCUT2D eigenvalue weighted by Gasteiger charge is -2.31. The summed E-state index contributed by atoms with van der Waals surface area (Å²) in [5.74, 6) is 1.52. The lowest BCUT2D eigenvalue weighted by atomic mass is 9.94. The third-order valence-corrected chi connectivity index (χ3v) is 6.97. The first-order chi connectivity index (χ1) is 16.3. The summed E-state index contributed by atoms with van der Waals surface area (Å²) < 4.78 is 6.01. The molecule has 1 aliphatic rings. The zero-order chi connectivity index (χ0) is 22.5. The Labute approximate surface area is 197 Å². The fraction of sp³-hybridized carbons (Fsp3) is 0.400. The van der Waals surface area contributed by atoms with Crippen molar-refractivity contribution in [1.82, 2.24) is 24.9 Å². The molecule has 33 heavy (non-hydrogen) atoms. The second-order valence-corrected chi connectivity index (χ2v) is 9.39. The maximum absolute atomic E-state index is 6.01. The van der Waals surface area contributed by atoms with E-state index >= 15 is 0 Å². The van der Waals surface area contributed by atoms with Crippen molar-refractivity contribution in [3.05, 3.63) is 54.6 Å². The van der Waals surface area contributed by atoms with Crippen molar-refractivity contribution in [2.45, 2.75) is 39.0 Å². The number of hydrogen-bond acceptors (Lipinski definition) is 8. The van der Waals surface area contributed by atoms with Crippen LogP contribution in [0.15, 0.2) is 49.1 Å². The van der Waals surface area contributed by atoms with Crippen LogP contribution in [-0.4, -0.2) is 44.6 Å². The molecule has 0 spiro atoms. The Morgan fingerprint density at radius 3 is 2.58 bits per heavy atom. The highest BCUT2D eigenvalue weighted by molar-refractivity contribution is 7.19. The quantitative estimate of drug-likeness (QED) is 0.358. The van der Waals surface area contributed by atoms with Crippen molar-refractivity contribution in [1.29, 1.82) is 0 Å². The van der Waals surface area contributed by atoms with E-state index in [-0.39, 0.29) is 0 Å². The number of hydrogen-bond donors (Lipinski definition) is 0. The van der Waals surface area contributed by atoms with Gasteiger partial charge >= 0.3 is 0 Å². The van der Waals surface area contributed by atoms with Crippen LogP contribution in [0.3, 0.4) is 0 Å². The normalized spacial score (nSPS) is 14.6. The molecule has 1 fully saturated rings. The standard InChI is InChI=1S/C25H28N6OS/c1-2-3-19-16-27-24(28-17-19)31-13-8-18(9-14-31)10-15-32-25-30-22-5-4-21(29-23(22)33-25)20-6-11-26-12-7-20/h4-7,11-12,16-18H,2-3,8-10,13-15H2,1H3. The smallest absolute Gasteiger partial charge is 0.275 e. The van der Waals surface area contributed by atoms with Gasteiger partial charge in [-0.15, -0.1) is 0 Å². The molecule has 0 N–H and O–H groups in total. The minimum absolute atomic E-state index is 0.659. The number of anilines is 1. The van der Waals surface area contributed by atoms with E-state index in [0.717, 1.165) is 72.7 Å². The maximum atomic E-state index is 6.01. The Morgan fingerprint density at radius 1 is 1.03 bits per heavy atom. The first kappa shape index (κ1) is 21.7. The van der Waals surface area contributed by atoms with E-state index in [4.69, 9.17) is 9.72 Å². The van der Waals surface area contributed by atoms with Crippen molar-refractivity contribution < 1.29 is 4.74 Å². The third kappa shape index (κ3) is 5.27. The molecular formula is C25H28N6OS. The van der Waals surface area contributed by atoms with Crippen molar-refractivity contribution in [2.75, 3.05) is 24.6 Å². The average Bonchev–Trinajstić information content (AvgIpc) is 3.28. The fourth-order valence-corrected chi connectivity index (χ4v) is 5.02. The van der Waals surface area contributed by atoms with Gasteiger partial charge in [-0.2, -0.15) is 0 Å². The van der Waals surface area contributed by atoms with Crippen LogP contribution >= 0.6 is 11.3 Å². The number of pyridine rings is 2. The Kier molecular flexibility index (Phi) is 6.71. The van der Waals surface area contributed by atoms with Gasteiger partial charge in [-0.3, -0.25) is 4.98 Å². The van der Waals surface area contributed by atoms with Crippen LogP contribution in [0, 0.1) is 5.92 Å². The molecule has 0 saturated carbocycles. The Balaban J connectivity index is 1.11. The number of ether oxygens (including phenoxy) is 1. The van der Waals surface area contributed by atoms with Gasteiger partial charge in [-0.05, 0) is 61.4 Å². The summed E-state index contributed by atoms with van der Waals surface area (Å²) >= 11 is 1.51. The van der Waals surface area contributed by atoms with Gasteiger partial charge in [0.25, 0.3) is 5.19 Å². The van der Waals surface area contributed by atoms with E-state index < -0.39 is 0 Å². The van der Waals surface area contributed by atoms with Crippen LogP contribution in [-0.2, 0) is 6.42 Å². The van der Waals surface area contributed by atoms with E-state index in [1.807, 2.05) is 36.7 Å². The molecule has 1 aliphatic heterocycles. The number of thiazole rings is 1. The first-order valence-electron chi connectivity index (χ1n) is 11.6. The summed E-state index contributed by atoms with van der Waals surface area (Å²) in [5.41, 5.74) is 4.07. The average molecular weight is 461 g/mol. The zero-order valence-electron chi connectivity index (χ0n) is 18.9. The van der Waals surface area contributed by atoms with E-state index in [2.05, 4.69) is 31.8 Å². The third-order valence-electron chi connectivity index (χ3n) is 6.09. The summed E-state index contributed by atoms with van der Waals surface area (Å²) in [6, 6.07) is 7.93. The lowest BCUT2D eigenvalue weighted by molar-refractivity contribution is 0.257. The molecule has 8 heteroatoms. The van der Waals surface area contributed by atoms with Gasteiger partial charge in [0.1, 0.15) is 10.3 Å². The van der Waals surface area contributed by atoms with Gasteiger partial charge in [0.2, 0.25) is 5.95 Å². The van der Waals surface area contributed by atoms with Gasteiger partial charge < -0.3 is 9.64 Å². The van der Waals surface area contributed by atoms with Crippen molar-refractivity contribution in [2.24, 2.45) is 5.92 Å². The highest BCUT2D eigenvalue weighted by Gasteiger charge is 2.21.